The molecule has 1 aliphatic rings. The van der Waals surface area contributed by atoms with Gasteiger partial charge < -0.3 is 10.6 Å². The molecule has 1 aromatic rings. The van der Waals surface area contributed by atoms with Gasteiger partial charge in [-0.05, 0) is 18.4 Å². The molecule has 0 saturated carbocycles. The lowest BCUT2D eigenvalue weighted by molar-refractivity contribution is -0.129. The smallest absolute Gasteiger partial charge is 0.227 e. The molecule has 2 atom stereocenters. The van der Waals surface area contributed by atoms with Crippen LogP contribution in [-0.4, -0.2) is 29.8 Å². The molecule has 1 heterocycles. The van der Waals surface area contributed by atoms with Crippen molar-refractivity contribution in [2.75, 3.05) is 13.1 Å². The van der Waals surface area contributed by atoms with Crippen LogP contribution < -0.4 is 5.73 Å². The number of primary amides is 1. The summed E-state index contributed by atoms with van der Waals surface area (Å²) in [5, 5.41) is 0. The van der Waals surface area contributed by atoms with Gasteiger partial charge in [0.05, 0.1) is 12.3 Å². The Balaban J connectivity index is 2.00. The second-order valence-electron chi connectivity index (χ2n) is 5.45. The van der Waals surface area contributed by atoms with Gasteiger partial charge in [0.25, 0.3) is 0 Å². The first-order valence-electron chi connectivity index (χ1n) is 6.60. The second-order valence-corrected chi connectivity index (χ2v) is 5.45. The number of nitrogens with zero attached hydrogens (tertiary/aromatic N) is 1. The van der Waals surface area contributed by atoms with E-state index in [1.165, 1.54) is 0 Å². The molecular weight excluding hydrogens is 240 g/mol. The summed E-state index contributed by atoms with van der Waals surface area (Å²) in [5.41, 5.74) is 7.51. The number of nitrogens with two attached hydrogens (primary N) is 1. The van der Waals surface area contributed by atoms with E-state index in [0.717, 1.165) is 11.1 Å². The Morgan fingerprint density at radius 3 is 2.68 bits per heavy atom. The third-order valence-corrected chi connectivity index (χ3v) is 3.77. The zero-order valence-electron chi connectivity index (χ0n) is 11.4. The number of carbonyl (C=O) groups excluding carboxylic acids is 2. The highest BCUT2D eigenvalue weighted by atomic mass is 16.2. The minimum atomic E-state index is -0.307. The average Bonchev–Trinajstić information content (AvgIpc) is 2.71. The van der Waals surface area contributed by atoms with Crippen LogP contribution in [0.3, 0.4) is 0 Å². The van der Waals surface area contributed by atoms with Gasteiger partial charge in [0, 0.05) is 13.1 Å². The number of likely N-dealkylation sites (tertiary alicyclic amines) is 1. The molecule has 1 fully saturated rings. The van der Waals surface area contributed by atoms with E-state index in [9.17, 15) is 9.59 Å². The van der Waals surface area contributed by atoms with Crippen LogP contribution in [0.25, 0.3) is 0 Å². The monoisotopic (exact) mass is 260 g/mol. The standard InChI is InChI=1S/C15H20N2O2/c1-10-4-3-5-12(6-10)7-14(18)17-8-11(2)13(9-17)15(16)19/h3-6,11,13H,7-9H2,1-2H3,(H2,16,19)/t11-,13-/m1/s1. The largest absolute Gasteiger partial charge is 0.369 e. The van der Waals surface area contributed by atoms with Gasteiger partial charge in [-0.1, -0.05) is 36.8 Å². The molecule has 1 aliphatic heterocycles. The van der Waals surface area contributed by atoms with Crippen molar-refractivity contribution in [3.05, 3.63) is 35.4 Å². The first-order valence-corrected chi connectivity index (χ1v) is 6.60. The van der Waals surface area contributed by atoms with Gasteiger partial charge in [-0.2, -0.15) is 0 Å². The molecule has 1 aromatic carbocycles. The van der Waals surface area contributed by atoms with Gasteiger partial charge >= 0.3 is 0 Å². The van der Waals surface area contributed by atoms with Crippen LogP contribution in [0.2, 0.25) is 0 Å². The predicted octanol–water partition coefficient (Wildman–Crippen LogP) is 1.12. The molecule has 2 amide bonds. The van der Waals surface area contributed by atoms with E-state index in [0.29, 0.717) is 19.5 Å². The van der Waals surface area contributed by atoms with Gasteiger partial charge in [-0.15, -0.1) is 0 Å². The van der Waals surface area contributed by atoms with Crippen molar-refractivity contribution in [2.24, 2.45) is 17.6 Å². The van der Waals surface area contributed by atoms with Crippen LogP contribution in [-0.2, 0) is 16.0 Å². The first kappa shape index (κ1) is 13.6. The number of hydrogen-bond acceptors (Lipinski definition) is 2. The highest BCUT2D eigenvalue weighted by Gasteiger charge is 2.35. The molecule has 0 bridgehead atoms. The maximum absolute atomic E-state index is 12.2. The minimum Gasteiger partial charge on any atom is -0.369 e. The van der Waals surface area contributed by atoms with Gasteiger partial charge in [0.15, 0.2) is 0 Å². The third-order valence-electron chi connectivity index (χ3n) is 3.77. The van der Waals surface area contributed by atoms with Crippen molar-refractivity contribution < 1.29 is 9.59 Å². The summed E-state index contributed by atoms with van der Waals surface area (Å²) < 4.78 is 0. The fourth-order valence-electron chi connectivity index (χ4n) is 2.65. The summed E-state index contributed by atoms with van der Waals surface area (Å²) in [5.74, 6) is -0.292. The number of rotatable bonds is 3. The molecule has 0 aromatic heterocycles. The van der Waals surface area contributed by atoms with Crippen molar-refractivity contribution in [2.45, 2.75) is 20.3 Å². The molecule has 2 rings (SSSR count). The van der Waals surface area contributed by atoms with Gasteiger partial charge in [-0.25, -0.2) is 0 Å². The zero-order valence-corrected chi connectivity index (χ0v) is 11.4. The predicted molar refractivity (Wildman–Crippen MR) is 73.3 cm³/mol. The second kappa shape index (κ2) is 5.43. The van der Waals surface area contributed by atoms with E-state index in [-0.39, 0.29) is 23.7 Å². The van der Waals surface area contributed by atoms with Crippen LogP contribution >= 0.6 is 0 Å². The number of aryl methyl sites for hydroxylation is 1. The summed E-state index contributed by atoms with van der Waals surface area (Å²) in [6.07, 6.45) is 0.389. The Bertz CT molecular complexity index is 499. The average molecular weight is 260 g/mol. The van der Waals surface area contributed by atoms with Crippen molar-refractivity contribution >= 4 is 11.8 Å². The quantitative estimate of drug-likeness (QED) is 0.885. The van der Waals surface area contributed by atoms with Crippen molar-refractivity contribution in [3.63, 3.8) is 0 Å². The molecule has 1 saturated heterocycles. The molecule has 0 unspecified atom stereocenters. The maximum atomic E-state index is 12.2. The van der Waals surface area contributed by atoms with E-state index in [4.69, 9.17) is 5.73 Å². The molecule has 0 aliphatic carbocycles. The Morgan fingerprint density at radius 1 is 1.37 bits per heavy atom. The summed E-state index contributed by atoms with van der Waals surface area (Å²) in [4.78, 5) is 25.2. The Kier molecular flexibility index (Phi) is 3.88. The molecule has 4 heteroatoms. The van der Waals surface area contributed by atoms with E-state index in [1.54, 1.807) is 4.90 Å². The normalized spacial score (nSPS) is 22.5. The molecular formula is C15H20N2O2. The maximum Gasteiger partial charge on any atom is 0.227 e. The van der Waals surface area contributed by atoms with Gasteiger partial charge in [-0.3, -0.25) is 9.59 Å². The van der Waals surface area contributed by atoms with Crippen LogP contribution in [0, 0.1) is 18.8 Å². The fourth-order valence-corrected chi connectivity index (χ4v) is 2.65. The lowest BCUT2D eigenvalue weighted by Gasteiger charge is -2.16. The molecule has 2 N–H and O–H groups in total. The highest BCUT2D eigenvalue weighted by Crippen LogP contribution is 2.23. The number of amides is 2. The van der Waals surface area contributed by atoms with E-state index < -0.39 is 0 Å². The number of benzene rings is 1. The Morgan fingerprint density at radius 2 is 2.11 bits per heavy atom. The molecule has 4 nitrogen and oxygen atoms in total. The van der Waals surface area contributed by atoms with Gasteiger partial charge in [0.1, 0.15) is 0 Å². The lowest BCUT2D eigenvalue weighted by atomic mass is 9.98. The highest BCUT2D eigenvalue weighted by molar-refractivity contribution is 5.82. The Hall–Kier alpha value is -1.84. The zero-order chi connectivity index (χ0) is 14.0. The van der Waals surface area contributed by atoms with Crippen LogP contribution in [0.1, 0.15) is 18.1 Å². The molecule has 0 radical (unpaired) electrons. The number of hydrogen-bond donors (Lipinski definition) is 1. The fraction of sp³-hybridized carbons (Fsp3) is 0.467. The third kappa shape index (κ3) is 3.13. The summed E-state index contributed by atoms with van der Waals surface area (Å²) in [6.45, 7) is 5.06. The van der Waals surface area contributed by atoms with E-state index in [2.05, 4.69) is 0 Å². The lowest BCUT2D eigenvalue weighted by Crippen LogP contribution is -2.32. The molecule has 0 spiro atoms. The van der Waals surface area contributed by atoms with Crippen LogP contribution in [0.15, 0.2) is 24.3 Å². The van der Waals surface area contributed by atoms with Crippen LogP contribution in [0.5, 0.6) is 0 Å². The topological polar surface area (TPSA) is 63.4 Å². The van der Waals surface area contributed by atoms with E-state index >= 15 is 0 Å². The molecule has 19 heavy (non-hydrogen) atoms. The van der Waals surface area contributed by atoms with Crippen LogP contribution in [0.4, 0.5) is 0 Å². The van der Waals surface area contributed by atoms with Crippen molar-refractivity contribution in [1.29, 1.82) is 0 Å². The van der Waals surface area contributed by atoms with Crippen molar-refractivity contribution in [3.8, 4) is 0 Å². The number of carbonyl (C=O) groups is 2. The summed E-state index contributed by atoms with van der Waals surface area (Å²) in [6, 6.07) is 7.94. The summed E-state index contributed by atoms with van der Waals surface area (Å²) >= 11 is 0. The minimum absolute atomic E-state index is 0.0706. The SMILES string of the molecule is Cc1cccc(CC(=O)N2C[C@@H](C)[C@H](C(N)=O)C2)c1. The molecule has 102 valence electrons. The van der Waals surface area contributed by atoms with Crippen molar-refractivity contribution in [1.82, 2.24) is 4.90 Å². The van der Waals surface area contributed by atoms with E-state index in [1.807, 2.05) is 38.1 Å². The summed E-state index contributed by atoms with van der Waals surface area (Å²) in [7, 11) is 0. The first-order chi connectivity index (χ1) is 8.97. The van der Waals surface area contributed by atoms with Gasteiger partial charge in [0.2, 0.25) is 11.8 Å². The Labute approximate surface area is 113 Å².